The van der Waals surface area contributed by atoms with Gasteiger partial charge in [0.2, 0.25) is 11.9 Å². The van der Waals surface area contributed by atoms with E-state index in [2.05, 4.69) is 15.3 Å². The molecule has 2 amide bonds. The normalized spacial score (nSPS) is 14.7. The molecule has 126 valence electrons. The van der Waals surface area contributed by atoms with Crippen LogP contribution in [0, 0.1) is 0 Å². The van der Waals surface area contributed by atoms with Crippen LogP contribution in [0.25, 0.3) is 0 Å². The highest BCUT2D eigenvalue weighted by Crippen LogP contribution is 2.11. The zero-order chi connectivity index (χ0) is 16.7. The molecule has 0 saturated carbocycles. The summed E-state index contributed by atoms with van der Waals surface area (Å²) in [6.45, 7) is 5.34. The van der Waals surface area contributed by atoms with E-state index in [-0.39, 0.29) is 11.8 Å². The third kappa shape index (κ3) is 4.88. The Balaban J connectivity index is 1.92. The molecule has 0 unspecified atom stereocenters. The van der Waals surface area contributed by atoms with Crippen molar-refractivity contribution in [1.29, 1.82) is 0 Å². The van der Waals surface area contributed by atoms with Crippen LogP contribution in [0.3, 0.4) is 0 Å². The Hall–Kier alpha value is -2.22. The second kappa shape index (κ2) is 8.42. The Morgan fingerprint density at radius 2 is 2.04 bits per heavy atom. The molecule has 0 aliphatic carbocycles. The number of methoxy groups -OCH3 is 1. The lowest BCUT2D eigenvalue weighted by molar-refractivity contribution is -0.129. The predicted molar refractivity (Wildman–Crippen MR) is 85.3 cm³/mol. The molecule has 1 aromatic rings. The van der Waals surface area contributed by atoms with Gasteiger partial charge in [-0.2, -0.15) is 0 Å². The van der Waals surface area contributed by atoms with Crippen molar-refractivity contribution in [2.24, 2.45) is 0 Å². The van der Waals surface area contributed by atoms with Crippen molar-refractivity contribution >= 4 is 17.8 Å². The predicted octanol–water partition coefficient (Wildman–Crippen LogP) is -0.0886. The standard InChI is InChI=1S/C15H23N5O3/c1-12(21)19-7-9-20(10-8-19)15-17-6-4-13(18-15)14(22)16-5-3-11-23-2/h4,6H,3,5,7-11H2,1-2H3,(H,16,22). The highest BCUT2D eigenvalue weighted by molar-refractivity contribution is 5.92. The number of nitrogens with zero attached hydrogens (tertiary/aromatic N) is 4. The molecule has 8 heteroatoms. The lowest BCUT2D eigenvalue weighted by Gasteiger charge is -2.34. The summed E-state index contributed by atoms with van der Waals surface area (Å²) in [7, 11) is 1.63. The molecule has 1 aliphatic rings. The van der Waals surface area contributed by atoms with Gasteiger partial charge in [-0.15, -0.1) is 0 Å². The van der Waals surface area contributed by atoms with Crippen LogP contribution in [0.2, 0.25) is 0 Å². The van der Waals surface area contributed by atoms with Gasteiger partial charge in [-0.05, 0) is 12.5 Å². The van der Waals surface area contributed by atoms with Crippen molar-refractivity contribution in [2.45, 2.75) is 13.3 Å². The Labute approximate surface area is 135 Å². The van der Waals surface area contributed by atoms with E-state index in [1.54, 1.807) is 31.2 Å². The fraction of sp³-hybridized carbons (Fsp3) is 0.600. The number of anilines is 1. The first-order valence-electron chi connectivity index (χ1n) is 7.72. The zero-order valence-corrected chi connectivity index (χ0v) is 13.6. The fourth-order valence-corrected chi connectivity index (χ4v) is 2.36. The van der Waals surface area contributed by atoms with Gasteiger partial charge < -0.3 is 19.9 Å². The molecule has 2 heterocycles. The van der Waals surface area contributed by atoms with Crippen molar-refractivity contribution in [3.63, 3.8) is 0 Å². The maximum Gasteiger partial charge on any atom is 0.270 e. The van der Waals surface area contributed by atoms with Gasteiger partial charge in [0, 0.05) is 59.6 Å². The van der Waals surface area contributed by atoms with Gasteiger partial charge in [-0.3, -0.25) is 9.59 Å². The Morgan fingerprint density at radius 3 is 2.70 bits per heavy atom. The first-order chi connectivity index (χ1) is 11.1. The zero-order valence-electron chi connectivity index (χ0n) is 13.6. The van der Waals surface area contributed by atoms with E-state index in [0.717, 1.165) is 6.42 Å². The van der Waals surface area contributed by atoms with Crippen molar-refractivity contribution < 1.29 is 14.3 Å². The van der Waals surface area contributed by atoms with Gasteiger partial charge in [-0.25, -0.2) is 9.97 Å². The van der Waals surface area contributed by atoms with Crippen LogP contribution < -0.4 is 10.2 Å². The minimum absolute atomic E-state index is 0.0785. The summed E-state index contributed by atoms with van der Waals surface area (Å²) in [4.78, 5) is 35.8. The number of hydrogen-bond acceptors (Lipinski definition) is 6. The van der Waals surface area contributed by atoms with Crippen LogP contribution in [0.5, 0.6) is 0 Å². The highest BCUT2D eigenvalue weighted by atomic mass is 16.5. The molecule has 1 saturated heterocycles. The van der Waals surface area contributed by atoms with Gasteiger partial charge in [0.25, 0.3) is 5.91 Å². The number of carbonyl (C=O) groups excluding carboxylic acids is 2. The monoisotopic (exact) mass is 321 g/mol. The van der Waals surface area contributed by atoms with Crippen molar-refractivity contribution in [1.82, 2.24) is 20.2 Å². The van der Waals surface area contributed by atoms with Crippen LogP contribution in [0.1, 0.15) is 23.8 Å². The first-order valence-corrected chi connectivity index (χ1v) is 7.72. The molecule has 0 atom stereocenters. The lowest BCUT2D eigenvalue weighted by Crippen LogP contribution is -2.48. The number of amides is 2. The number of rotatable bonds is 6. The fourth-order valence-electron chi connectivity index (χ4n) is 2.36. The molecular weight excluding hydrogens is 298 g/mol. The summed E-state index contributed by atoms with van der Waals surface area (Å²) in [5.74, 6) is 0.389. The molecule has 0 aromatic carbocycles. The topological polar surface area (TPSA) is 87.7 Å². The smallest absolute Gasteiger partial charge is 0.270 e. The highest BCUT2D eigenvalue weighted by Gasteiger charge is 2.21. The summed E-state index contributed by atoms with van der Waals surface area (Å²) in [6.07, 6.45) is 2.34. The van der Waals surface area contributed by atoms with E-state index in [0.29, 0.717) is 51.0 Å². The van der Waals surface area contributed by atoms with Crippen molar-refractivity contribution in [2.75, 3.05) is 51.3 Å². The third-order valence-corrected chi connectivity index (χ3v) is 3.69. The number of aromatic nitrogens is 2. The minimum atomic E-state index is -0.216. The maximum absolute atomic E-state index is 12.1. The number of ether oxygens (including phenoxy) is 1. The lowest BCUT2D eigenvalue weighted by atomic mass is 10.3. The van der Waals surface area contributed by atoms with Gasteiger partial charge in [-0.1, -0.05) is 0 Å². The van der Waals surface area contributed by atoms with Crippen molar-refractivity contribution in [3.05, 3.63) is 18.0 Å². The van der Waals surface area contributed by atoms with Crippen LogP contribution >= 0.6 is 0 Å². The summed E-state index contributed by atoms with van der Waals surface area (Å²) in [5, 5.41) is 2.81. The molecule has 0 radical (unpaired) electrons. The largest absolute Gasteiger partial charge is 0.385 e. The molecule has 0 bridgehead atoms. The summed E-state index contributed by atoms with van der Waals surface area (Å²) in [6, 6.07) is 1.60. The third-order valence-electron chi connectivity index (χ3n) is 3.69. The van der Waals surface area contributed by atoms with Crippen LogP contribution in [0.4, 0.5) is 5.95 Å². The number of carbonyl (C=O) groups is 2. The van der Waals surface area contributed by atoms with Gasteiger partial charge in [0.1, 0.15) is 5.69 Å². The Bertz CT molecular complexity index is 544. The van der Waals surface area contributed by atoms with E-state index in [1.165, 1.54) is 0 Å². The molecule has 1 aromatic heterocycles. The first kappa shape index (κ1) is 17.1. The van der Waals surface area contributed by atoms with E-state index in [1.807, 2.05) is 4.90 Å². The van der Waals surface area contributed by atoms with Gasteiger partial charge in [0.05, 0.1) is 0 Å². The van der Waals surface area contributed by atoms with E-state index in [9.17, 15) is 9.59 Å². The quantitative estimate of drug-likeness (QED) is 0.737. The molecular formula is C15H23N5O3. The molecule has 23 heavy (non-hydrogen) atoms. The number of nitrogens with one attached hydrogen (secondary N) is 1. The SMILES string of the molecule is COCCCNC(=O)c1ccnc(N2CCN(C(C)=O)CC2)n1. The summed E-state index contributed by atoms with van der Waals surface area (Å²) in [5.41, 5.74) is 0.349. The summed E-state index contributed by atoms with van der Waals surface area (Å²) < 4.78 is 4.94. The van der Waals surface area contributed by atoms with Gasteiger partial charge >= 0.3 is 0 Å². The average molecular weight is 321 g/mol. The average Bonchev–Trinajstić information content (AvgIpc) is 2.59. The summed E-state index contributed by atoms with van der Waals surface area (Å²) >= 11 is 0. The second-order valence-electron chi connectivity index (χ2n) is 5.34. The van der Waals surface area contributed by atoms with Crippen LogP contribution in [0.15, 0.2) is 12.3 Å². The number of piperazine rings is 1. The molecule has 8 nitrogen and oxygen atoms in total. The van der Waals surface area contributed by atoms with E-state index < -0.39 is 0 Å². The van der Waals surface area contributed by atoms with E-state index >= 15 is 0 Å². The van der Waals surface area contributed by atoms with Gasteiger partial charge in [0.15, 0.2) is 0 Å². The molecule has 1 N–H and O–H groups in total. The van der Waals surface area contributed by atoms with Crippen molar-refractivity contribution in [3.8, 4) is 0 Å². The van der Waals surface area contributed by atoms with Crippen LogP contribution in [-0.4, -0.2) is 73.1 Å². The number of hydrogen-bond donors (Lipinski definition) is 1. The molecule has 1 fully saturated rings. The molecule has 0 spiro atoms. The van der Waals surface area contributed by atoms with Crippen LogP contribution in [-0.2, 0) is 9.53 Å². The Morgan fingerprint density at radius 1 is 1.30 bits per heavy atom. The molecule has 1 aliphatic heterocycles. The second-order valence-corrected chi connectivity index (χ2v) is 5.34. The minimum Gasteiger partial charge on any atom is -0.385 e. The Kier molecular flexibility index (Phi) is 6.28. The van der Waals surface area contributed by atoms with E-state index in [4.69, 9.17) is 4.74 Å². The maximum atomic E-state index is 12.1. The molecule has 2 rings (SSSR count).